The van der Waals surface area contributed by atoms with Gasteiger partial charge in [-0.1, -0.05) is 13.8 Å². The van der Waals surface area contributed by atoms with Crippen LogP contribution in [-0.2, 0) is 0 Å². The number of carbonyl (C=O) groups excluding carboxylic acids is 1. The Balaban J connectivity index is 1.98. The lowest BCUT2D eigenvalue weighted by Crippen LogP contribution is -2.14. The first-order chi connectivity index (χ1) is 10.6. The van der Waals surface area contributed by atoms with Crippen molar-refractivity contribution in [1.82, 2.24) is 4.98 Å². The smallest absolute Gasteiger partial charge is 0.274 e. The lowest BCUT2D eigenvalue weighted by atomic mass is 10.2. The molecule has 0 aliphatic carbocycles. The zero-order valence-electron chi connectivity index (χ0n) is 12.6. The van der Waals surface area contributed by atoms with Gasteiger partial charge in [-0.05, 0) is 42.3 Å². The molecule has 1 heterocycles. The molecule has 0 aliphatic heterocycles. The summed E-state index contributed by atoms with van der Waals surface area (Å²) >= 11 is 0. The van der Waals surface area contributed by atoms with E-state index in [1.54, 1.807) is 36.5 Å². The average molecular weight is 294 g/mol. The van der Waals surface area contributed by atoms with Crippen LogP contribution in [0.1, 0.15) is 29.9 Å². The van der Waals surface area contributed by atoms with Crippen LogP contribution in [0.4, 0.5) is 11.4 Å². The number of hydrogen-bond donors (Lipinski definition) is 2. The molecule has 1 aromatic carbocycles. The number of nitrogens with zero attached hydrogens (tertiary/aromatic N) is 2. The molecule has 1 amide bonds. The highest BCUT2D eigenvalue weighted by Gasteiger charge is 2.07. The Morgan fingerprint density at radius 1 is 1.18 bits per heavy atom. The van der Waals surface area contributed by atoms with Gasteiger partial charge in [0.1, 0.15) is 5.69 Å². The fourth-order valence-electron chi connectivity index (χ4n) is 1.78. The Labute approximate surface area is 130 Å². The van der Waals surface area contributed by atoms with Gasteiger partial charge in [-0.2, -0.15) is 5.26 Å². The molecule has 0 unspecified atom stereocenters. The molecule has 0 radical (unpaired) electrons. The van der Waals surface area contributed by atoms with E-state index in [1.165, 1.54) is 0 Å². The van der Waals surface area contributed by atoms with E-state index >= 15 is 0 Å². The van der Waals surface area contributed by atoms with Gasteiger partial charge in [0.25, 0.3) is 5.91 Å². The molecule has 0 saturated carbocycles. The van der Waals surface area contributed by atoms with Gasteiger partial charge in [-0.15, -0.1) is 0 Å². The number of aromatic nitrogens is 1. The first kappa shape index (κ1) is 15.5. The van der Waals surface area contributed by atoms with E-state index in [-0.39, 0.29) is 5.91 Å². The zero-order chi connectivity index (χ0) is 15.9. The predicted octanol–water partition coefficient (Wildman–Crippen LogP) is 3.27. The molecule has 5 heteroatoms. The normalized spacial score (nSPS) is 10.1. The second-order valence-electron chi connectivity index (χ2n) is 5.35. The quantitative estimate of drug-likeness (QED) is 0.887. The third-order valence-electron chi connectivity index (χ3n) is 2.98. The van der Waals surface area contributed by atoms with Gasteiger partial charge in [0.05, 0.1) is 23.5 Å². The van der Waals surface area contributed by atoms with Crippen molar-refractivity contribution in [3.05, 3.63) is 53.9 Å². The first-order valence-corrected chi connectivity index (χ1v) is 7.10. The average Bonchev–Trinajstić information content (AvgIpc) is 2.54. The van der Waals surface area contributed by atoms with Crippen LogP contribution in [0.5, 0.6) is 0 Å². The van der Waals surface area contributed by atoms with Gasteiger partial charge >= 0.3 is 0 Å². The molecule has 0 saturated heterocycles. The largest absolute Gasteiger partial charge is 0.384 e. The fraction of sp³-hybridized carbons (Fsp3) is 0.235. The maximum absolute atomic E-state index is 12.1. The lowest BCUT2D eigenvalue weighted by Gasteiger charge is -2.09. The number of rotatable bonds is 5. The minimum Gasteiger partial charge on any atom is -0.384 e. The third kappa shape index (κ3) is 4.32. The molecule has 2 aromatic rings. The summed E-state index contributed by atoms with van der Waals surface area (Å²) in [5.74, 6) is 0.263. The Hall–Kier alpha value is -2.87. The van der Waals surface area contributed by atoms with E-state index in [4.69, 9.17) is 5.26 Å². The van der Waals surface area contributed by atoms with Crippen molar-refractivity contribution in [3.63, 3.8) is 0 Å². The van der Waals surface area contributed by atoms with Crippen molar-refractivity contribution < 1.29 is 4.79 Å². The van der Waals surface area contributed by atoms with Gasteiger partial charge in [0.15, 0.2) is 0 Å². The lowest BCUT2D eigenvalue weighted by molar-refractivity contribution is 0.102. The number of nitriles is 1. The molecule has 22 heavy (non-hydrogen) atoms. The molecule has 0 fully saturated rings. The van der Waals surface area contributed by atoms with Gasteiger partial charge < -0.3 is 10.6 Å². The Morgan fingerprint density at radius 2 is 1.86 bits per heavy atom. The molecule has 2 rings (SSSR count). The highest BCUT2D eigenvalue weighted by Crippen LogP contribution is 2.12. The van der Waals surface area contributed by atoms with Gasteiger partial charge in [-0.3, -0.25) is 4.79 Å². The molecule has 0 bridgehead atoms. The van der Waals surface area contributed by atoms with E-state index in [0.29, 0.717) is 22.9 Å². The van der Waals surface area contributed by atoms with E-state index < -0.39 is 0 Å². The minimum absolute atomic E-state index is 0.278. The Bertz CT molecular complexity index is 669. The maximum Gasteiger partial charge on any atom is 0.274 e. The second kappa shape index (κ2) is 7.23. The van der Waals surface area contributed by atoms with Crippen LogP contribution < -0.4 is 10.6 Å². The summed E-state index contributed by atoms with van der Waals surface area (Å²) in [7, 11) is 0. The zero-order valence-corrected chi connectivity index (χ0v) is 12.6. The Kier molecular flexibility index (Phi) is 5.10. The van der Waals surface area contributed by atoms with Crippen molar-refractivity contribution in [2.45, 2.75) is 13.8 Å². The molecule has 0 atom stereocenters. The van der Waals surface area contributed by atoms with Gasteiger partial charge in [-0.25, -0.2) is 4.98 Å². The summed E-state index contributed by atoms with van der Waals surface area (Å²) in [6.07, 6.45) is 1.65. The second-order valence-corrected chi connectivity index (χ2v) is 5.35. The number of carbonyl (C=O) groups is 1. The van der Waals surface area contributed by atoms with Crippen LogP contribution in [0.2, 0.25) is 0 Å². The number of nitrogens with one attached hydrogen (secondary N) is 2. The van der Waals surface area contributed by atoms with E-state index in [9.17, 15) is 4.79 Å². The van der Waals surface area contributed by atoms with Crippen LogP contribution in [0.15, 0.2) is 42.6 Å². The molecule has 112 valence electrons. The SMILES string of the molecule is CC(C)CNc1ccc(C(=O)Nc2ccc(C#N)cc2)nc1. The van der Waals surface area contributed by atoms with Crippen LogP contribution in [0.25, 0.3) is 0 Å². The summed E-state index contributed by atoms with van der Waals surface area (Å²) in [6, 6.07) is 12.2. The number of hydrogen-bond acceptors (Lipinski definition) is 4. The predicted molar refractivity (Wildman–Crippen MR) is 86.7 cm³/mol. The third-order valence-corrected chi connectivity index (χ3v) is 2.98. The van der Waals surface area contributed by atoms with E-state index in [2.05, 4.69) is 29.5 Å². The first-order valence-electron chi connectivity index (χ1n) is 7.10. The topological polar surface area (TPSA) is 77.8 Å². The van der Waals surface area contributed by atoms with Crippen LogP contribution in [0, 0.1) is 17.2 Å². The van der Waals surface area contributed by atoms with Gasteiger partial charge in [0, 0.05) is 12.2 Å². The van der Waals surface area contributed by atoms with Crippen LogP contribution in [0.3, 0.4) is 0 Å². The number of amides is 1. The molecular formula is C17H18N4O. The summed E-state index contributed by atoms with van der Waals surface area (Å²) in [6.45, 7) is 5.11. The number of pyridine rings is 1. The highest BCUT2D eigenvalue weighted by molar-refractivity contribution is 6.02. The molecular weight excluding hydrogens is 276 g/mol. The molecule has 0 aliphatic rings. The van der Waals surface area contributed by atoms with E-state index in [1.807, 2.05) is 12.1 Å². The van der Waals surface area contributed by atoms with Crippen molar-refractivity contribution in [2.24, 2.45) is 5.92 Å². The van der Waals surface area contributed by atoms with Crippen molar-refractivity contribution in [3.8, 4) is 6.07 Å². The standard InChI is InChI=1S/C17H18N4O/c1-12(2)10-19-15-7-8-16(20-11-15)17(22)21-14-5-3-13(9-18)4-6-14/h3-8,11-12,19H,10H2,1-2H3,(H,21,22). The molecule has 2 N–H and O–H groups in total. The van der Waals surface area contributed by atoms with Crippen molar-refractivity contribution in [1.29, 1.82) is 5.26 Å². The van der Waals surface area contributed by atoms with Crippen molar-refractivity contribution in [2.75, 3.05) is 17.2 Å². The monoisotopic (exact) mass is 294 g/mol. The summed E-state index contributed by atoms with van der Waals surface area (Å²) < 4.78 is 0. The van der Waals surface area contributed by atoms with Crippen LogP contribution in [-0.4, -0.2) is 17.4 Å². The molecule has 5 nitrogen and oxygen atoms in total. The Morgan fingerprint density at radius 3 is 2.41 bits per heavy atom. The minimum atomic E-state index is -0.278. The van der Waals surface area contributed by atoms with Gasteiger partial charge in [0.2, 0.25) is 0 Å². The van der Waals surface area contributed by atoms with Crippen LogP contribution >= 0.6 is 0 Å². The summed E-state index contributed by atoms with van der Waals surface area (Å²) in [4.78, 5) is 16.2. The number of benzene rings is 1. The molecule has 0 spiro atoms. The maximum atomic E-state index is 12.1. The highest BCUT2D eigenvalue weighted by atomic mass is 16.1. The van der Waals surface area contributed by atoms with E-state index in [0.717, 1.165) is 12.2 Å². The summed E-state index contributed by atoms with van der Waals surface area (Å²) in [5.41, 5.74) is 2.42. The fourth-order valence-corrected chi connectivity index (χ4v) is 1.78. The number of anilines is 2. The summed E-state index contributed by atoms with van der Waals surface area (Å²) in [5, 5.41) is 14.7. The van der Waals surface area contributed by atoms with Crippen molar-refractivity contribution >= 4 is 17.3 Å². The molecule has 1 aromatic heterocycles.